The molecule has 4 nitrogen and oxygen atoms in total. The summed E-state index contributed by atoms with van der Waals surface area (Å²) in [6, 6.07) is 10.8. The molecule has 0 bridgehead atoms. The molecular formula is C13H10BrFN2O2. The zero-order valence-electron chi connectivity index (χ0n) is 9.77. The molecular weight excluding hydrogens is 315 g/mol. The number of halogens is 2. The predicted molar refractivity (Wildman–Crippen MR) is 74.5 cm³/mol. The molecule has 0 heterocycles. The van der Waals surface area contributed by atoms with Crippen LogP contribution in [0.2, 0.25) is 0 Å². The summed E-state index contributed by atoms with van der Waals surface area (Å²) in [6.07, 6.45) is 0. The van der Waals surface area contributed by atoms with E-state index in [0.717, 1.165) is 11.3 Å². The molecule has 0 aliphatic heterocycles. The monoisotopic (exact) mass is 324 g/mol. The third-order valence-electron chi connectivity index (χ3n) is 2.58. The van der Waals surface area contributed by atoms with E-state index >= 15 is 0 Å². The van der Waals surface area contributed by atoms with Gasteiger partial charge in [-0.1, -0.05) is 12.1 Å². The van der Waals surface area contributed by atoms with Crippen molar-refractivity contribution in [2.75, 3.05) is 5.32 Å². The van der Waals surface area contributed by atoms with E-state index in [1.165, 1.54) is 18.2 Å². The Hall–Kier alpha value is -1.95. The number of nitrogens with one attached hydrogen (secondary N) is 1. The summed E-state index contributed by atoms with van der Waals surface area (Å²) in [5.41, 5.74) is 1.54. The van der Waals surface area contributed by atoms with Gasteiger partial charge in [0.2, 0.25) is 0 Å². The Morgan fingerprint density at radius 2 is 1.89 bits per heavy atom. The number of anilines is 1. The summed E-state index contributed by atoms with van der Waals surface area (Å²) in [7, 11) is 0. The predicted octanol–water partition coefficient (Wildman–Crippen LogP) is 4.11. The zero-order chi connectivity index (χ0) is 13.8. The molecule has 0 saturated heterocycles. The first-order valence-corrected chi connectivity index (χ1v) is 6.28. The normalized spacial score (nSPS) is 10.2. The van der Waals surface area contributed by atoms with Crippen LogP contribution >= 0.6 is 15.9 Å². The van der Waals surface area contributed by atoms with Crippen molar-refractivity contribution >= 4 is 27.3 Å². The minimum atomic E-state index is -0.439. The fourth-order valence-corrected chi connectivity index (χ4v) is 2.16. The Balaban J connectivity index is 2.13. The average molecular weight is 325 g/mol. The maximum atomic E-state index is 12.7. The highest BCUT2D eigenvalue weighted by Gasteiger charge is 2.14. The summed E-state index contributed by atoms with van der Waals surface area (Å²) >= 11 is 3.23. The second kappa shape index (κ2) is 5.79. The Bertz CT molecular complexity index is 602. The Morgan fingerprint density at radius 3 is 2.53 bits per heavy atom. The molecule has 0 radical (unpaired) electrons. The van der Waals surface area contributed by atoms with Crippen LogP contribution in [0, 0.1) is 15.9 Å². The van der Waals surface area contributed by atoms with Crippen LogP contribution in [0.25, 0.3) is 0 Å². The minimum Gasteiger partial charge on any atom is -0.381 e. The molecule has 0 aliphatic rings. The van der Waals surface area contributed by atoms with Gasteiger partial charge in [0.15, 0.2) is 0 Å². The third-order valence-corrected chi connectivity index (χ3v) is 3.50. The van der Waals surface area contributed by atoms with Gasteiger partial charge in [0.1, 0.15) is 10.3 Å². The van der Waals surface area contributed by atoms with Crippen LogP contribution in [0.1, 0.15) is 5.56 Å². The number of nitro benzene ring substituents is 1. The average Bonchev–Trinajstić information content (AvgIpc) is 2.39. The molecule has 2 aromatic carbocycles. The Kier molecular flexibility index (Phi) is 4.11. The topological polar surface area (TPSA) is 55.2 Å². The molecule has 6 heteroatoms. The van der Waals surface area contributed by atoms with Gasteiger partial charge in [0.25, 0.3) is 5.69 Å². The van der Waals surface area contributed by atoms with E-state index in [1.54, 1.807) is 24.3 Å². The molecule has 0 aromatic heterocycles. The van der Waals surface area contributed by atoms with Gasteiger partial charge in [-0.3, -0.25) is 10.1 Å². The lowest BCUT2D eigenvalue weighted by molar-refractivity contribution is -0.385. The maximum absolute atomic E-state index is 12.7. The lowest BCUT2D eigenvalue weighted by Gasteiger charge is -2.08. The SMILES string of the molecule is O=[N+]([O-])c1cccc(CNc2ccc(F)cc2)c1Br. The molecule has 0 spiro atoms. The highest BCUT2D eigenvalue weighted by Crippen LogP contribution is 2.28. The first kappa shape index (κ1) is 13.5. The minimum absolute atomic E-state index is 0.0263. The standard InChI is InChI=1S/C13H10BrFN2O2/c14-13-9(2-1-3-12(13)17(18)19)8-16-11-6-4-10(15)5-7-11/h1-7,16H,8H2. The molecule has 0 saturated carbocycles. The molecule has 0 fully saturated rings. The second-order valence-electron chi connectivity index (χ2n) is 3.87. The molecule has 2 rings (SSSR count). The first-order chi connectivity index (χ1) is 9.08. The van der Waals surface area contributed by atoms with Gasteiger partial charge in [0, 0.05) is 18.3 Å². The van der Waals surface area contributed by atoms with Crippen LogP contribution in [-0.2, 0) is 6.54 Å². The van der Waals surface area contributed by atoms with Crippen molar-refractivity contribution in [3.63, 3.8) is 0 Å². The summed E-state index contributed by atoms with van der Waals surface area (Å²) < 4.78 is 13.2. The first-order valence-electron chi connectivity index (χ1n) is 5.49. The van der Waals surface area contributed by atoms with Gasteiger partial charge in [-0.05, 0) is 45.8 Å². The van der Waals surface area contributed by atoms with E-state index in [4.69, 9.17) is 0 Å². The summed E-state index contributed by atoms with van der Waals surface area (Å²) in [5, 5.41) is 13.9. The van der Waals surface area contributed by atoms with E-state index in [1.807, 2.05) is 0 Å². The van der Waals surface area contributed by atoms with E-state index in [2.05, 4.69) is 21.2 Å². The number of nitro groups is 1. The van der Waals surface area contributed by atoms with Crippen molar-refractivity contribution in [2.24, 2.45) is 0 Å². The van der Waals surface area contributed by atoms with Gasteiger partial charge < -0.3 is 5.32 Å². The second-order valence-corrected chi connectivity index (χ2v) is 4.66. The molecule has 98 valence electrons. The lowest BCUT2D eigenvalue weighted by Crippen LogP contribution is -2.01. The zero-order valence-corrected chi connectivity index (χ0v) is 11.4. The van der Waals surface area contributed by atoms with Crippen LogP contribution in [0.4, 0.5) is 15.8 Å². The molecule has 2 aromatic rings. The number of benzene rings is 2. The van der Waals surface area contributed by atoms with Crippen LogP contribution in [-0.4, -0.2) is 4.92 Å². The highest BCUT2D eigenvalue weighted by molar-refractivity contribution is 9.10. The van der Waals surface area contributed by atoms with Gasteiger partial charge in [-0.15, -0.1) is 0 Å². The van der Waals surface area contributed by atoms with E-state index in [-0.39, 0.29) is 11.5 Å². The Labute approximate surface area is 117 Å². The van der Waals surface area contributed by atoms with E-state index in [0.29, 0.717) is 11.0 Å². The maximum Gasteiger partial charge on any atom is 0.283 e. The third kappa shape index (κ3) is 3.29. The molecule has 1 N–H and O–H groups in total. The largest absolute Gasteiger partial charge is 0.381 e. The van der Waals surface area contributed by atoms with Gasteiger partial charge in [-0.2, -0.15) is 0 Å². The van der Waals surface area contributed by atoms with Crippen molar-refractivity contribution in [3.8, 4) is 0 Å². The van der Waals surface area contributed by atoms with Gasteiger partial charge in [-0.25, -0.2) is 4.39 Å². The number of rotatable bonds is 4. The molecule has 0 amide bonds. The fraction of sp³-hybridized carbons (Fsp3) is 0.0769. The number of hydrogen-bond acceptors (Lipinski definition) is 3. The van der Waals surface area contributed by atoms with Crippen LogP contribution < -0.4 is 5.32 Å². The van der Waals surface area contributed by atoms with Crippen LogP contribution in [0.5, 0.6) is 0 Å². The van der Waals surface area contributed by atoms with Crippen molar-refractivity contribution in [1.82, 2.24) is 0 Å². The quantitative estimate of drug-likeness (QED) is 0.680. The number of nitrogens with zero attached hydrogens (tertiary/aromatic N) is 1. The molecule has 0 atom stereocenters. The van der Waals surface area contributed by atoms with Crippen molar-refractivity contribution < 1.29 is 9.31 Å². The highest BCUT2D eigenvalue weighted by atomic mass is 79.9. The number of hydrogen-bond donors (Lipinski definition) is 1. The van der Waals surface area contributed by atoms with Gasteiger partial charge >= 0.3 is 0 Å². The molecule has 0 unspecified atom stereocenters. The van der Waals surface area contributed by atoms with Crippen molar-refractivity contribution in [2.45, 2.75) is 6.54 Å². The van der Waals surface area contributed by atoms with Gasteiger partial charge in [0.05, 0.1) is 4.92 Å². The summed E-state index contributed by atoms with van der Waals surface area (Å²) in [4.78, 5) is 10.4. The van der Waals surface area contributed by atoms with Crippen LogP contribution in [0.15, 0.2) is 46.9 Å². The van der Waals surface area contributed by atoms with E-state index in [9.17, 15) is 14.5 Å². The van der Waals surface area contributed by atoms with Crippen molar-refractivity contribution in [3.05, 3.63) is 68.4 Å². The summed E-state index contributed by atoms with van der Waals surface area (Å²) in [5.74, 6) is -0.304. The van der Waals surface area contributed by atoms with E-state index < -0.39 is 4.92 Å². The molecule has 19 heavy (non-hydrogen) atoms. The van der Waals surface area contributed by atoms with Crippen LogP contribution in [0.3, 0.4) is 0 Å². The summed E-state index contributed by atoms with van der Waals surface area (Å²) in [6.45, 7) is 0.411. The smallest absolute Gasteiger partial charge is 0.283 e. The lowest BCUT2D eigenvalue weighted by atomic mass is 10.2. The molecule has 0 aliphatic carbocycles. The Morgan fingerprint density at radius 1 is 1.21 bits per heavy atom. The van der Waals surface area contributed by atoms with Crippen molar-refractivity contribution in [1.29, 1.82) is 0 Å². The fourth-order valence-electron chi connectivity index (χ4n) is 1.61.